The zero-order valence-electron chi connectivity index (χ0n) is 27.2. The summed E-state index contributed by atoms with van der Waals surface area (Å²) in [5, 5.41) is 8.34. The number of nitrogens with one attached hydrogen (secondary N) is 1. The molecule has 6 aromatic carbocycles. The number of benzene rings is 6. The normalized spacial score (nSPS) is 16.0. The van der Waals surface area contributed by atoms with Gasteiger partial charge < -0.3 is 4.98 Å². The molecule has 49 heavy (non-hydrogen) atoms. The van der Waals surface area contributed by atoms with Crippen LogP contribution in [0.15, 0.2) is 149 Å². The van der Waals surface area contributed by atoms with Gasteiger partial charge in [0.05, 0.1) is 22.6 Å². The molecule has 10 rings (SSSR count). The van der Waals surface area contributed by atoms with E-state index in [2.05, 4.69) is 133 Å². The fourth-order valence-corrected chi connectivity index (χ4v) is 7.98. The topological polar surface area (TPSA) is 53.4 Å². The summed E-state index contributed by atoms with van der Waals surface area (Å²) in [4.78, 5) is 19.6. The molecule has 0 radical (unpaired) electrons. The van der Waals surface area contributed by atoms with Gasteiger partial charge in [0, 0.05) is 51.8 Å². The van der Waals surface area contributed by atoms with Crippen LogP contribution in [0.2, 0.25) is 0 Å². The highest BCUT2D eigenvalue weighted by molar-refractivity contribution is 6.27. The van der Waals surface area contributed by atoms with E-state index in [0.717, 1.165) is 69.8 Å². The molecule has 8 aromatic rings. The van der Waals surface area contributed by atoms with E-state index in [9.17, 15) is 0 Å². The lowest BCUT2D eigenvalue weighted by Gasteiger charge is -2.19. The number of rotatable bonds is 3. The van der Waals surface area contributed by atoms with Crippen LogP contribution in [0.3, 0.4) is 0 Å². The molecule has 0 bridgehead atoms. The van der Waals surface area contributed by atoms with Crippen molar-refractivity contribution in [3.8, 4) is 11.1 Å². The van der Waals surface area contributed by atoms with Gasteiger partial charge in [0.2, 0.25) is 0 Å². The van der Waals surface area contributed by atoms with Crippen molar-refractivity contribution in [1.29, 1.82) is 0 Å². The monoisotopic (exact) mass is 628 g/mol. The molecule has 232 valence electrons. The van der Waals surface area contributed by atoms with Crippen molar-refractivity contribution in [3.63, 3.8) is 0 Å². The second kappa shape index (κ2) is 11.0. The van der Waals surface area contributed by atoms with Crippen LogP contribution in [-0.4, -0.2) is 21.5 Å². The Morgan fingerprint density at radius 3 is 2.37 bits per heavy atom. The van der Waals surface area contributed by atoms with Gasteiger partial charge >= 0.3 is 0 Å². The maximum atomic E-state index is 5.62. The number of hydrogen-bond donors (Lipinski definition) is 1. The Kier molecular flexibility index (Phi) is 6.25. The summed E-state index contributed by atoms with van der Waals surface area (Å²) in [7, 11) is 0. The molecular formula is C45H32N4. The van der Waals surface area contributed by atoms with Gasteiger partial charge in [-0.2, -0.15) is 0 Å². The summed E-state index contributed by atoms with van der Waals surface area (Å²) in [5.74, 6) is 0.732. The van der Waals surface area contributed by atoms with Crippen molar-refractivity contribution in [2.45, 2.75) is 26.2 Å². The lowest BCUT2D eigenvalue weighted by Crippen LogP contribution is -2.12. The Hall–Kier alpha value is -6.13. The highest BCUT2D eigenvalue weighted by Crippen LogP contribution is 2.40. The van der Waals surface area contributed by atoms with Crippen LogP contribution >= 0.6 is 0 Å². The van der Waals surface area contributed by atoms with Crippen molar-refractivity contribution in [1.82, 2.24) is 9.97 Å². The number of amidine groups is 1. The molecule has 0 unspecified atom stereocenters. The number of pyridine rings is 1. The van der Waals surface area contributed by atoms with Gasteiger partial charge in [0.15, 0.2) is 5.84 Å². The number of fused-ring (bicyclic) bond motifs is 9. The van der Waals surface area contributed by atoms with E-state index in [0.29, 0.717) is 0 Å². The molecule has 2 aliphatic rings. The third kappa shape index (κ3) is 4.48. The third-order valence-corrected chi connectivity index (χ3v) is 10.4. The maximum Gasteiger partial charge on any atom is 0.160 e. The van der Waals surface area contributed by atoms with Crippen LogP contribution in [0.5, 0.6) is 0 Å². The average molecular weight is 629 g/mol. The predicted octanol–water partition coefficient (Wildman–Crippen LogP) is 11.1. The first-order valence-electron chi connectivity index (χ1n) is 17.0. The number of hydrogen-bond acceptors (Lipinski definition) is 3. The van der Waals surface area contributed by atoms with Crippen LogP contribution in [-0.2, 0) is 6.42 Å². The molecular weight excluding hydrogens is 597 g/mol. The number of nitrogens with zero attached hydrogens (tertiary/aromatic N) is 3. The summed E-state index contributed by atoms with van der Waals surface area (Å²) < 4.78 is 0. The molecule has 1 aliphatic carbocycles. The third-order valence-electron chi connectivity index (χ3n) is 10.4. The number of aliphatic imine (C=N–C) groups is 2. The Labute approximate surface area is 284 Å². The molecule has 3 heterocycles. The quantitative estimate of drug-likeness (QED) is 0.195. The second-order valence-electron chi connectivity index (χ2n) is 13.3. The minimum atomic E-state index is 0.732. The first-order chi connectivity index (χ1) is 24.2. The Morgan fingerprint density at radius 1 is 0.612 bits per heavy atom. The summed E-state index contributed by atoms with van der Waals surface area (Å²) >= 11 is 0. The van der Waals surface area contributed by atoms with E-state index in [-0.39, 0.29) is 0 Å². The van der Waals surface area contributed by atoms with E-state index in [4.69, 9.17) is 15.0 Å². The van der Waals surface area contributed by atoms with Gasteiger partial charge in [0.25, 0.3) is 0 Å². The zero-order valence-corrected chi connectivity index (χ0v) is 27.2. The fraction of sp³-hybridized carbons (Fsp3) is 0.0889. The molecule has 1 aliphatic heterocycles. The minimum absolute atomic E-state index is 0.732. The molecule has 0 saturated heterocycles. The molecule has 0 spiro atoms. The van der Waals surface area contributed by atoms with Crippen LogP contribution in [0.25, 0.3) is 60.0 Å². The lowest BCUT2D eigenvalue weighted by atomic mass is 9.92. The molecule has 0 atom stereocenters. The van der Waals surface area contributed by atoms with E-state index >= 15 is 0 Å². The van der Waals surface area contributed by atoms with Crippen LogP contribution in [0.1, 0.15) is 47.7 Å². The van der Waals surface area contributed by atoms with Crippen LogP contribution < -0.4 is 0 Å². The molecule has 0 saturated carbocycles. The van der Waals surface area contributed by atoms with E-state index in [1.807, 2.05) is 12.4 Å². The molecule has 0 fully saturated rings. The smallest absolute Gasteiger partial charge is 0.160 e. The number of aromatic nitrogens is 2. The van der Waals surface area contributed by atoms with Crippen LogP contribution in [0, 0.1) is 0 Å². The van der Waals surface area contributed by atoms with Crippen molar-refractivity contribution in [3.05, 3.63) is 167 Å². The molecule has 4 heteroatoms. The van der Waals surface area contributed by atoms with Crippen molar-refractivity contribution in [2.24, 2.45) is 9.98 Å². The van der Waals surface area contributed by atoms with Crippen molar-refractivity contribution in [2.75, 3.05) is 0 Å². The highest BCUT2D eigenvalue weighted by atomic mass is 14.9. The largest absolute Gasteiger partial charge is 0.361 e. The zero-order chi connectivity index (χ0) is 32.5. The van der Waals surface area contributed by atoms with Crippen molar-refractivity contribution >= 4 is 60.5 Å². The Balaban J connectivity index is 1.27. The average Bonchev–Trinajstić information content (AvgIpc) is 3.78. The summed E-state index contributed by atoms with van der Waals surface area (Å²) in [5.41, 5.74) is 12.7. The number of H-pyrrole nitrogens is 1. The highest BCUT2D eigenvalue weighted by Gasteiger charge is 2.26. The Bertz CT molecular complexity index is 2760. The lowest BCUT2D eigenvalue weighted by molar-refractivity contribution is 1.00. The molecule has 0 amide bonds. The van der Waals surface area contributed by atoms with Crippen LogP contribution in [0.4, 0.5) is 0 Å². The number of allylic oxidation sites excluding steroid dienone is 1. The maximum absolute atomic E-state index is 5.62. The van der Waals surface area contributed by atoms with Gasteiger partial charge in [-0.05, 0) is 87.7 Å². The molecule has 4 nitrogen and oxygen atoms in total. The number of aromatic amines is 1. The molecule has 1 N–H and O–H groups in total. The van der Waals surface area contributed by atoms with Gasteiger partial charge in [-0.25, -0.2) is 9.98 Å². The first-order valence-corrected chi connectivity index (χ1v) is 17.0. The Morgan fingerprint density at radius 2 is 1.43 bits per heavy atom. The summed E-state index contributed by atoms with van der Waals surface area (Å²) in [6.45, 7) is 2.24. The first kappa shape index (κ1) is 27.9. The van der Waals surface area contributed by atoms with Gasteiger partial charge in [-0.15, -0.1) is 0 Å². The van der Waals surface area contributed by atoms with E-state index in [1.165, 1.54) is 54.6 Å². The van der Waals surface area contributed by atoms with E-state index in [1.54, 1.807) is 0 Å². The summed E-state index contributed by atoms with van der Waals surface area (Å²) in [6, 6.07) is 43.6. The predicted molar refractivity (Wildman–Crippen MR) is 205 cm³/mol. The van der Waals surface area contributed by atoms with Crippen molar-refractivity contribution < 1.29 is 0 Å². The SMILES string of the molecule is C/C1=C(/c2ccc3ccccc3c2)N=C(c2cc3ccccc3c3c2ccc2cc[nH]c23)N=C(c2ccnc3c2-c2ccccc2C3)CC1. The molecule has 2 aromatic heterocycles. The second-order valence-corrected chi connectivity index (χ2v) is 13.3. The van der Waals surface area contributed by atoms with Gasteiger partial charge in [-0.3, -0.25) is 4.98 Å². The summed E-state index contributed by atoms with van der Waals surface area (Å²) in [6.07, 6.45) is 6.49. The fourth-order valence-electron chi connectivity index (χ4n) is 7.98. The minimum Gasteiger partial charge on any atom is -0.361 e. The van der Waals surface area contributed by atoms with Gasteiger partial charge in [0.1, 0.15) is 0 Å². The standard InChI is InChI=1S/C45H32N4/c1-27-14-19-39(37-21-23-46-40-26-32-11-5-6-12-34(32)41(37)40)48-45(49-43(27)33-16-15-28-8-2-3-9-30(28)24-33)38-25-31-10-4-7-13-35(31)42-36(38)18-17-29-20-22-47-44(29)42/h2-13,15-18,20-25,47H,14,19,26H2,1H3/b43-27+,48-39?,49-45?. The van der Waals surface area contributed by atoms with E-state index < -0.39 is 0 Å². The van der Waals surface area contributed by atoms with Gasteiger partial charge in [-0.1, -0.05) is 97.1 Å².